The summed E-state index contributed by atoms with van der Waals surface area (Å²) in [6.07, 6.45) is 1.50. The molecule has 1 radical (unpaired) electrons. The van der Waals surface area contributed by atoms with Crippen molar-refractivity contribution in [1.82, 2.24) is 0 Å². The maximum absolute atomic E-state index is 3.25. The Kier molecular flexibility index (Phi) is 22.6. The van der Waals surface area contributed by atoms with Gasteiger partial charge >= 0.3 is 21.7 Å². The fraction of sp³-hybridized carbons (Fsp3) is 0. The largest absolute Gasteiger partial charge is 3.00 e. The van der Waals surface area contributed by atoms with Crippen LogP contribution in [0, 0.1) is 6.92 Å². The number of hydrogen-bond acceptors (Lipinski definition) is 0. The van der Waals surface area contributed by atoms with E-state index in [4.69, 9.17) is 0 Å². The summed E-state index contributed by atoms with van der Waals surface area (Å²) in [4.78, 5) is 0. The second-order valence-electron chi connectivity index (χ2n) is 0.289. The summed E-state index contributed by atoms with van der Waals surface area (Å²) in [5.74, 6) is 0. The van der Waals surface area contributed by atoms with E-state index < -0.39 is 0 Å². The van der Waals surface area contributed by atoms with Crippen LogP contribution in [0.3, 0.4) is 0 Å². The first-order valence-electron chi connectivity index (χ1n) is 0.816. The third-order valence-corrected chi connectivity index (χ3v) is 0. The van der Waals surface area contributed by atoms with Crippen molar-refractivity contribution in [2.75, 3.05) is 0 Å². The predicted molar refractivity (Wildman–Crippen MR) is 15.6 cm³/mol. The van der Waals surface area contributed by atoms with Gasteiger partial charge < -0.3 is 0 Å². The van der Waals surface area contributed by atoms with Crippen LogP contribution in [0.2, 0.25) is 0 Å². The summed E-state index contributed by atoms with van der Waals surface area (Å²) in [6, 6.07) is 0. The van der Waals surface area contributed by atoms with Crippen molar-refractivity contribution in [3.8, 4) is 0 Å². The second kappa shape index (κ2) is 10.2. The first-order chi connectivity index (χ1) is 1.41. The second-order valence-corrected chi connectivity index (χ2v) is 0.289. The Morgan fingerprint density at radius 3 is 1.75 bits per heavy atom. The molecule has 0 heterocycles. The van der Waals surface area contributed by atoms with Crippen LogP contribution in [0.5, 0.6) is 0 Å². The van der Waals surface area contributed by atoms with E-state index >= 15 is 0 Å². The molecular formula is C3H5Ti+2. The van der Waals surface area contributed by atoms with Crippen LogP contribution < -0.4 is 0 Å². The number of rotatable bonds is 0. The van der Waals surface area contributed by atoms with Crippen LogP contribution in [0.4, 0.5) is 0 Å². The minimum atomic E-state index is 0. The molecule has 0 aromatic rings. The molecule has 0 spiro atoms. The third kappa shape index (κ3) is 38.8. The average Bonchev–Trinajstić information content (AvgIpc) is 0.918. The Balaban J connectivity index is 0. The van der Waals surface area contributed by atoms with Crippen LogP contribution in [0.25, 0.3) is 0 Å². The molecule has 4 heavy (non-hydrogen) atoms. The van der Waals surface area contributed by atoms with Crippen molar-refractivity contribution in [3.05, 3.63) is 19.6 Å². The van der Waals surface area contributed by atoms with Crippen molar-refractivity contribution in [1.29, 1.82) is 0 Å². The smallest absolute Gasteiger partial charge is 0.245 e. The predicted octanol–water partition coefficient (Wildman–Crippen LogP) is 1.00. The zero-order valence-corrected chi connectivity index (χ0v) is 4.05. The van der Waals surface area contributed by atoms with Gasteiger partial charge in [0.25, 0.3) is 0 Å². The van der Waals surface area contributed by atoms with Gasteiger partial charge in [0.05, 0.1) is 0 Å². The number of hydrogen-bond donors (Lipinski definition) is 0. The Morgan fingerprint density at radius 1 is 1.75 bits per heavy atom. The first kappa shape index (κ1) is 8.85. The first-order valence-corrected chi connectivity index (χ1v) is 0.816. The van der Waals surface area contributed by atoms with E-state index in [9.17, 15) is 0 Å². The van der Waals surface area contributed by atoms with Crippen molar-refractivity contribution < 1.29 is 21.7 Å². The molecule has 0 aromatic carbocycles. The molecule has 1 heteroatoms. The molecule has 0 nitrogen and oxygen atoms in total. The van der Waals surface area contributed by atoms with Gasteiger partial charge in [0, 0.05) is 0 Å². The summed E-state index contributed by atoms with van der Waals surface area (Å²) < 4.78 is 0. The van der Waals surface area contributed by atoms with Gasteiger partial charge in [0.15, 0.2) is 0 Å². The SMILES string of the molecule is C=C[CH2-].[Ti+3]. The van der Waals surface area contributed by atoms with Crippen LogP contribution in [0.1, 0.15) is 0 Å². The van der Waals surface area contributed by atoms with Gasteiger partial charge in [-0.25, -0.2) is 19.6 Å². The molecule has 0 amide bonds. The average molecular weight is 88.9 g/mol. The topological polar surface area (TPSA) is 0 Å². The summed E-state index contributed by atoms with van der Waals surface area (Å²) in [6.45, 7) is 6.50. The van der Waals surface area contributed by atoms with Gasteiger partial charge in [-0.2, -0.15) is 0 Å². The standard InChI is InChI=1S/C3H5.Ti/c1-3-2;/h3H,1-2H2;/q-1;+3. The van der Waals surface area contributed by atoms with E-state index in [-0.39, 0.29) is 21.7 Å². The van der Waals surface area contributed by atoms with Crippen molar-refractivity contribution in [2.45, 2.75) is 0 Å². The molecule has 0 bridgehead atoms. The van der Waals surface area contributed by atoms with Crippen LogP contribution in [-0.2, 0) is 21.7 Å². The van der Waals surface area contributed by atoms with Crippen LogP contribution in [0.15, 0.2) is 12.7 Å². The van der Waals surface area contributed by atoms with Crippen LogP contribution in [-0.4, -0.2) is 0 Å². The maximum Gasteiger partial charge on any atom is 3.00 e. The fourth-order valence-corrected chi connectivity index (χ4v) is 0. The van der Waals surface area contributed by atoms with E-state index in [0.717, 1.165) is 0 Å². The van der Waals surface area contributed by atoms with E-state index in [0.29, 0.717) is 0 Å². The molecule has 0 aliphatic rings. The van der Waals surface area contributed by atoms with Crippen molar-refractivity contribution in [3.63, 3.8) is 0 Å². The minimum absolute atomic E-state index is 0. The molecule has 0 atom stereocenters. The van der Waals surface area contributed by atoms with Gasteiger partial charge in [-0.3, -0.25) is 0 Å². The molecule has 0 aromatic heterocycles. The molecule has 0 rings (SSSR count). The minimum Gasteiger partial charge on any atom is -0.245 e. The molecule has 0 aliphatic heterocycles. The van der Waals surface area contributed by atoms with E-state index in [1.54, 1.807) is 0 Å². The summed E-state index contributed by atoms with van der Waals surface area (Å²) in [5.41, 5.74) is 0. The van der Waals surface area contributed by atoms with Crippen molar-refractivity contribution >= 4 is 0 Å². The fourth-order valence-electron chi connectivity index (χ4n) is 0. The van der Waals surface area contributed by atoms with Gasteiger partial charge in [-0.05, 0) is 0 Å². The number of allylic oxidation sites excluding steroid dienone is 1. The normalized spacial score (nSPS) is 3.00. The Morgan fingerprint density at radius 2 is 1.75 bits per heavy atom. The quantitative estimate of drug-likeness (QED) is 0.307. The molecule has 19 valence electrons. The van der Waals surface area contributed by atoms with Crippen LogP contribution >= 0.6 is 0 Å². The molecule has 0 unspecified atom stereocenters. The van der Waals surface area contributed by atoms with Gasteiger partial charge in [-0.15, -0.1) is 0 Å². The summed E-state index contributed by atoms with van der Waals surface area (Å²) in [7, 11) is 0. The zero-order valence-electron chi connectivity index (χ0n) is 2.49. The van der Waals surface area contributed by atoms with Gasteiger partial charge in [0.1, 0.15) is 0 Å². The Labute approximate surface area is 41.8 Å². The van der Waals surface area contributed by atoms with Crippen molar-refractivity contribution in [2.24, 2.45) is 0 Å². The molecule has 0 N–H and O–H groups in total. The summed E-state index contributed by atoms with van der Waals surface area (Å²) >= 11 is 0. The van der Waals surface area contributed by atoms with Gasteiger partial charge in [0.2, 0.25) is 0 Å². The molecule has 0 saturated carbocycles. The third-order valence-electron chi connectivity index (χ3n) is 0. The van der Waals surface area contributed by atoms with E-state index in [1.165, 1.54) is 6.08 Å². The Hall–Kier alpha value is 0.324. The van der Waals surface area contributed by atoms with Gasteiger partial charge in [-0.1, -0.05) is 0 Å². The Bertz CT molecular complexity index is 10.8. The molecule has 0 saturated heterocycles. The van der Waals surface area contributed by atoms with E-state index in [2.05, 4.69) is 13.5 Å². The molecule has 0 fully saturated rings. The monoisotopic (exact) mass is 89.0 g/mol. The molecule has 0 aliphatic carbocycles. The van der Waals surface area contributed by atoms with E-state index in [1.807, 2.05) is 0 Å². The summed E-state index contributed by atoms with van der Waals surface area (Å²) in [5, 5.41) is 0. The maximum atomic E-state index is 3.25. The zero-order chi connectivity index (χ0) is 2.71. The molecular weight excluding hydrogens is 83.9 g/mol.